The molecule has 6 rings (SSSR count). The van der Waals surface area contributed by atoms with Crippen molar-refractivity contribution in [3.63, 3.8) is 0 Å². The van der Waals surface area contributed by atoms with E-state index in [1.165, 1.54) is 12.3 Å². The zero-order chi connectivity index (χ0) is 31.0. The first-order valence-corrected chi connectivity index (χ1v) is 14.5. The van der Waals surface area contributed by atoms with Crippen LogP contribution in [0.15, 0.2) is 54.7 Å². The van der Waals surface area contributed by atoms with E-state index in [-0.39, 0.29) is 36.3 Å². The maximum absolute atomic E-state index is 15.2. The van der Waals surface area contributed by atoms with Gasteiger partial charge in [-0.3, -0.25) is 34.2 Å². The molecule has 226 valence electrons. The number of benzene rings is 2. The van der Waals surface area contributed by atoms with Crippen molar-refractivity contribution < 1.29 is 28.4 Å². The number of hydrogen-bond acceptors (Lipinski definition) is 9. The highest BCUT2D eigenvalue weighted by Crippen LogP contribution is 2.38. The third-order valence-corrected chi connectivity index (χ3v) is 8.55. The van der Waals surface area contributed by atoms with Gasteiger partial charge >= 0.3 is 0 Å². The summed E-state index contributed by atoms with van der Waals surface area (Å²) >= 11 is 0. The molecule has 3 heterocycles. The number of halogens is 1. The number of hydrogen-bond donors (Lipinski definition) is 3. The minimum absolute atomic E-state index is 0.0753. The molecule has 2 atom stereocenters. The Labute approximate surface area is 252 Å². The number of anilines is 2. The Morgan fingerprint density at radius 3 is 2.50 bits per heavy atom. The maximum Gasteiger partial charge on any atom is 0.250 e. The van der Waals surface area contributed by atoms with E-state index in [1.807, 2.05) is 6.07 Å². The summed E-state index contributed by atoms with van der Waals surface area (Å²) in [7, 11) is 0. The predicted molar refractivity (Wildman–Crippen MR) is 158 cm³/mol. The van der Waals surface area contributed by atoms with Crippen LogP contribution in [0.4, 0.5) is 15.9 Å². The summed E-state index contributed by atoms with van der Waals surface area (Å²) in [5.41, 5.74) is 7.71. The van der Waals surface area contributed by atoms with Gasteiger partial charge in [0.25, 0.3) is 0 Å². The van der Waals surface area contributed by atoms with Crippen LogP contribution in [0, 0.1) is 17.7 Å². The molecule has 0 saturated carbocycles. The van der Waals surface area contributed by atoms with E-state index in [0.29, 0.717) is 23.4 Å². The van der Waals surface area contributed by atoms with Crippen LogP contribution in [-0.2, 0) is 22.7 Å². The molecule has 0 radical (unpaired) electrons. The minimum atomic E-state index is -1.17. The lowest BCUT2D eigenvalue weighted by Gasteiger charge is -2.35. The zero-order valence-electron chi connectivity index (χ0n) is 23.8. The van der Waals surface area contributed by atoms with Gasteiger partial charge in [-0.05, 0) is 36.2 Å². The fraction of sp³-hybridized carbons (Fsp3) is 0.312. The van der Waals surface area contributed by atoms with Gasteiger partial charge in [0, 0.05) is 68.7 Å². The molecule has 11 nitrogen and oxygen atoms in total. The molecule has 2 aromatic carbocycles. The molecule has 1 aromatic heterocycles. The Kier molecular flexibility index (Phi) is 7.92. The number of carbonyl (C=O) groups is 5. The van der Waals surface area contributed by atoms with Crippen LogP contribution in [-0.4, -0.2) is 65.4 Å². The van der Waals surface area contributed by atoms with Gasteiger partial charge in [0.1, 0.15) is 11.6 Å². The van der Waals surface area contributed by atoms with E-state index in [1.54, 1.807) is 36.4 Å². The Hall–Kier alpha value is -4.97. The second kappa shape index (κ2) is 12.0. The fourth-order valence-electron chi connectivity index (χ4n) is 6.14. The summed E-state index contributed by atoms with van der Waals surface area (Å²) in [4.78, 5) is 70.5. The summed E-state index contributed by atoms with van der Waals surface area (Å²) in [5.74, 6) is -4.10. The van der Waals surface area contributed by atoms with Crippen LogP contribution in [0.3, 0.4) is 0 Å². The molecule has 3 amide bonds. The number of primary amides is 1. The van der Waals surface area contributed by atoms with Gasteiger partial charge in [-0.15, -0.1) is 0 Å². The number of piperidine rings is 1. The summed E-state index contributed by atoms with van der Waals surface area (Å²) in [5, 5.41) is 5.34. The largest absolute Gasteiger partial charge is 0.380 e. The van der Waals surface area contributed by atoms with E-state index in [0.717, 1.165) is 37.6 Å². The number of aromatic nitrogens is 1. The Balaban J connectivity index is 1.06. The number of ketones is 2. The average Bonchev–Trinajstić information content (AvgIpc) is 3.27. The summed E-state index contributed by atoms with van der Waals surface area (Å²) in [6.07, 6.45) is 1.69. The van der Waals surface area contributed by atoms with Gasteiger partial charge in [0.15, 0.2) is 11.6 Å². The first kappa shape index (κ1) is 29.1. The lowest BCUT2D eigenvalue weighted by Crippen LogP contribution is -2.46. The third kappa shape index (κ3) is 5.68. The van der Waals surface area contributed by atoms with Gasteiger partial charge < -0.3 is 16.0 Å². The van der Waals surface area contributed by atoms with Crippen LogP contribution in [0.2, 0.25) is 0 Å². The van der Waals surface area contributed by atoms with Crippen molar-refractivity contribution in [2.45, 2.75) is 25.9 Å². The highest BCUT2D eigenvalue weighted by molar-refractivity contribution is 6.30. The Morgan fingerprint density at radius 1 is 1.02 bits per heavy atom. The molecule has 44 heavy (non-hydrogen) atoms. The van der Waals surface area contributed by atoms with Crippen molar-refractivity contribution in [1.82, 2.24) is 15.2 Å². The lowest BCUT2D eigenvalue weighted by molar-refractivity contribution is -0.137. The number of rotatable bonds is 8. The Bertz CT molecular complexity index is 1670. The molecular weight excluding hydrogens is 567 g/mol. The van der Waals surface area contributed by atoms with Gasteiger partial charge in [0.05, 0.1) is 23.0 Å². The van der Waals surface area contributed by atoms with Crippen LogP contribution < -0.4 is 21.3 Å². The summed E-state index contributed by atoms with van der Waals surface area (Å²) < 4.78 is 15.2. The molecular formula is C32H31FN6O5. The van der Waals surface area contributed by atoms with Crippen LogP contribution >= 0.6 is 0 Å². The third-order valence-electron chi connectivity index (χ3n) is 8.55. The molecule has 2 fully saturated rings. The topological polar surface area (TPSA) is 155 Å². The number of nitrogens with two attached hydrogens (primary N) is 1. The highest BCUT2D eigenvalue weighted by atomic mass is 19.1. The molecule has 2 unspecified atom stereocenters. The van der Waals surface area contributed by atoms with Crippen LogP contribution in [0.1, 0.15) is 55.0 Å². The van der Waals surface area contributed by atoms with Crippen molar-refractivity contribution in [2.75, 3.05) is 36.4 Å². The van der Waals surface area contributed by atoms with Gasteiger partial charge in [-0.25, -0.2) is 9.37 Å². The number of imide groups is 1. The number of fused-ring (bicyclic) bond motifs is 1. The van der Waals surface area contributed by atoms with Crippen molar-refractivity contribution in [1.29, 1.82) is 0 Å². The summed E-state index contributed by atoms with van der Waals surface area (Å²) in [6, 6.07) is 13.4. The van der Waals surface area contributed by atoms with E-state index < -0.39 is 41.1 Å². The maximum atomic E-state index is 15.2. The van der Waals surface area contributed by atoms with Gasteiger partial charge in [-0.1, -0.05) is 24.3 Å². The number of piperazine rings is 1. The quantitative estimate of drug-likeness (QED) is 0.262. The van der Waals surface area contributed by atoms with E-state index in [4.69, 9.17) is 5.73 Å². The van der Waals surface area contributed by atoms with E-state index in [2.05, 4.69) is 25.4 Å². The molecule has 1 aliphatic carbocycles. The highest BCUT2D eigenvalue weighted by Gasteiger charge is 2.48. The zero-order valence-corrected chi connectivity index (χ0v) is 23.8. The molecule has 3 aliphatic rings. The smallest absolute Gasteiger partial charge is 0.250 e. The number of amides is 3. The fourth-order valence-corrected chi connectivity index (χ4v) is 6.14. The SMILES string of the molecule is NC(=O)c1ccc(N2CCN(Cc3ccc(CNc4cccc5c4C(=O)C(C4CCC(=O)NC4=O)C5=O)c(F)c3)CC2)nc1. The first-order valence-electron chi connectivity index (χ1n) is 14.5. The average molecular weight is 599 g/mol. The predicted octanol–water partition coefficient (Wildman–Crippen LogP) is 2.30. The monoisotopic (exact) mass is 598 g/mol. The second-order valence-corrected chi connectivity index (χ2v) is 11.3. The van der Waals surface area contributed by atoms with Crippen molar-refractivity contribution in [3.8, 4) is 0 Å². The first-order chi connectivity index (χ1) is 21.2. The van der Waals surface area contributed by atoms with E-state index >= 15 is 4.39 Å². The number of pyridine rings is 1. The minimum Gasteiger partial charge on any atom is -0.380 e. The molecule has 2 saturated heterocycles. The Morgan fingerprint density at radius 2 is 1.82 bits per heavy atom. The van der Waals surface area contributed by atoms with Crippen LogP contribution in [0.25, 0.3) is 0 Å². The van der Waals surface area contributed by atoms with Gasteiger partial charge in [-0.2, -0.15) is 0 Å². The molecule has 12 heteroatoms. The number of nitrogens with one attached hydrogen (secondary N) is 2. The molecule has 4 N–H and O–H groups in total. The molecule has 3 aromatic rings. The van der Waals surface area contributed by atoms with Crippen LogP contribution in [0.5, 0.6) is 0 Å². The lowest BCUT2D eigenvalue weighted by atomic mass is 9.82. The number of Topliss-reactive ketones (excluding diaryl/α,β-unsaturated/α-hetero) is 2. The number of carbonyl (C=O) groups excluding carboxylic acids is 5. The van der Waals surface area contributed by atoms with Crippen molar-refractivity contribution >= 4 is 40.8 Å². The van der Waals surface area contributed by atoms with Crippen molar-refractivity contribution in [2.24, 2.45) is 17.6 Å². The van der Waals surface area contributed by atoms with E-state index in [9.17, 15) is 24.0 Å². The normalized spacial score (nSPS) is 20.4. The molecule has 2 aliphatic heterocycles. The van der Waals surface area contributed by atoms with Crippen molar-refractivity contribution in [3.05, 3.63) is 88.4 Å². The standard InChI is InChI=1S/C32H31FN6O5/c33-23-14-18(17-38-10-12-39(13-11-38)25-8-6-20(16-36-25)31(34)43)4-5-19(23)15-35-24-3-1-2-21-27(24)30(42)28(29(21)41)22-7-9-26(40)37-32(22)44/h1-6,8,14,16,22,28,35H,7,9-13,15,17H2,(H2,34,43)(H,37,40,44). The number of nitrogens with zero attached hydrogens (tertiary/aromatic N) is 3. The summed E-state index contributed by atoms with van der Waals surface area (Å²) in [6.45, 7) is 3.66. The molecule has 0 spiro atoms. The molecule has 0 bridgehead atoms. The second-order valence-electron chi connectivity index (χ2n) is 11.3. The van der Waals surface area contributed by atoms with Gasteiger partial charge in [0.2, 0.25) is 17.7 Å².